The van der Waals surface area contributed by atoms with Crippen molar-refractivity contribution in [2.75, 3.05) is 5.32 Å². The molecule has 9 heteroatoms. The van der Waals surface area contributed by atoms with E-state index >= 15 is 0 Å². The Bertz CT molecular complexity index is 980. The summed E-state index contributed by atoms with van der Waals surface area (Å²) in [5, 5.41) is 15.0. The Morgan fingerprint density at radius 2 is 1.96 bits per heavy atom. The van der Waals surface area contributed by atoms with Crippen molar-refractivity contribution in [2.45, 2.75) is 13.8 Å². The summed E-state index contributed by atoms with van der Waals surface area (Å²) in [6.07, 6.45) is 2.78. The molecular weight excluding hydrogens is 358 g/mol. The van der Waals surface area contributed by atoms with Gasteiger partial charge in [0.1, 0.15) is 17.9 Å². The topological polar surface area (TPSA) is 103 Å². The SMILES string of the molecule is Cc1ccnc(Nc2ncnc(Oc3ccc(Cl)c(C)c3)c2[N+](=O)[O-])c1. The molecule has 132 valence electrons. The molecule has 1 N–H and O–H groups in total. The van der Waals surface area contributed by atoms with E-state index in [0.29, 0.717) is 16.6 Å². The van der Waals surface area contributed by atoms with Crippen LogP contribution >= 0.6 is 11.6 Å². The second-order valence-corrected chi connectivity index (χ2v) is 5.90. The summed E-state index contributed by atoms with van der Waals surface area (Å²) in [5.41, 5.74) is 1.35. The molecule has 0 amide bonds. The molecule has 1 aromatic carbocycles. The molecular formula is C17H14ClN5O3. The molecule has 8 nitrogen and oxygen atoms in total. The minimum atomic E-state index is -0.601. The number of ether oxygens (including phenoxy) is 1. The number of benzene rings is 1. The van der Waals surface area contributed by atoms with Gasteiger partial charge in [0.05, 0.1) is 4.92 Å². The number of rotatable bonds is 5. The predicted molar refractivity (Wildman–Crippen MR) is 97.2 cm³/mol. The third kappa shape index (κ3) is 3.86. The van der Waals surface area contributed by atoms with Gasteiger partial charge in [-0.25, -0.2) is 9.97 Å². The minimum Gasteiger partial charge on any atom is -0.434 e. The third-order valence-corrected chi connectivity index (χ3v) is 3.90. The third-order valence-electron chi connectivity index (χ3n) is 3.48. The van der Waals surface area contributed by atoms with Gasteiger partial charge in [-0.2, -0.15) is 4.98 Å². The molecule has 3 rings (SSSR count). The number of hydrogen-bond acceptors (Lipinski definition) is 7. The second kappa shape index (κ2) is 7.32. The lowest BCUT2D eigenvalue weighted by Crippen LogP contribution is -2.04. The van der Waals surface area contributed by atoms with Gasteiger partial charge in [-0.1, -0.05) is 11.6 Å². The lowest BCUT2D eigenvalue weighted by molar-refractivity contribution is -0.385. The minimum absolute atomic E-state index is 0.0104. The number of nitro groups is 1. The Hall–Kier alpha value is -3.26. The van der Waals surface area contributed by atoms with Gasteiger partial charge >= 0.3 is 11.6 Å². The van der Waals surface area contributed by atoms with E-state index in [1.54, 1.807) is 37.4 Å². The Labute approximate surface area is 154 Å². The molecule has 3 aromatic rings. The zero-order chi connectivity index (χ0) is 18.7. The van der Waals surface area contributed by atoms with Crippen LogP contribution in [-0.2, 0) is 0 Å². The van der Waals surface area contributed by atoms with Crippen LogP contribution < -0.4 is 10.1 Å². The maximum absolute atomic E-state index is 11.6. The van der Waals surface area contributed by atoms with Crippen molar-refractivity contribution < 1.29 is 9.66 Å². The van der Waals surface area contributed by atoms with E-state index in [1.807, 2.05) is 13.0 Å². The summed E-state index contributed by atoms with van der Waals surface area (Å²) in [5.74, 6) is 0.624. The van der Waals surface area contributed by atoms with Crippen LogP contribution in [0.25, 0.3) is 0 Å². The summed E-state index contributed by atoms with van der Waals surface area (Å²) in [6.45, 7) is 3.69. The molecule has 0 saturated carbocycles. The molecule has 0 fully saturated rings. The van der Waals surface area contributed by atoms with Gasteiger partial charge in [-0.05, 0) is 55.3 Å². The fraction of sp³-hybridized carbons (Fsp3) is 0.118. The molecule has 0 spiro atoms. The number of nitrogens with zero attached hydrogens (tertiary/aromatic N) is 4. The average Bonchev–Trinajstić information content (AvgIpc) is 2.58. The Morgan fingerprint density at radius 1 is 1.15 bits per heavy atom. The monoisotopic (exact) mass is 371 g/mol. The van der Waals surface area contributed by atoms with Gasteiger partial charge in [-0.3, -0.25) is 10.1 Å². The molecule has 2 heterocycles. The summed E-state index contributed by atoms with van der Waals surface area (Å²) in [7, 11) is 0. The zero-order valence-electron chi connectivity index (χ0n) is 13.9. The Kier molecular flexibility index (Phi) is 4.94. The van der Waals surface area contributed by atoms with E-state index in [2.05, 4.69) is 20.3 Å². The van der Waals surface area contributed by atoms with Crippen LogP contribution in [0.4, 0.5) is 17.3 Å². The summed E-state index contributed by atoms with van der Waals surface area (Å²) in [4.78, 5) is 22.9. The predicted octanol–water partition coefficient (Wildman–Crippen LogP) is 4.59. The second-order valence-electron chi connectivity index (χ2n) is 5.49. The molecule has 2 aromatic heterocycles. The van der Waals surface area contributed by atoms with Crippen molar-refractivity contribution in [1.29, 1.82) is 0 Å². The van der Waals surface area contributed by atoms with Gasteiger partial charge in [0.2, 0.25) is 5.82 Å². The first-order valence-electron chi connectivity index (χ1n) is 7.57. The molecule has 0 aliphatic rings. The molecule has 0 atom stereocenters. The van der Waals surface area contributed by atoms with Crippen molar-refractivity contribution in [1.82, 2.24) is 15.0 Å². The molecule has 0 saturated heterocycles. The largest absolute Gasteiger partial charge is 0.434 e. The van der Waals surface area contributed by atoms with Crippen molar-refractivity contribution in [3.05, 3.63) is 69.1 Å². The highest BCUT2D eigenvalue weighted by molar-refractivity contribution is 6.31. The summed E-state index contributed by atoms with van der Waals surface area (Å²) in [6, 6.07) is 8.49. The number of nitrogens with one attached hydrogen (secondary N) is 1. The highest BCUT2D eigenvalue weighted by Gasteiger charge is 2.25. The van der Waals surface area contributed by atoms with E-state index in [0.717, 1.165) is 11.1 Å². The first-order chi connectivity index (χ1) is 12.4. The van der Waals surface area contributed by atoms with Crippen LogP contribution in [0.1, 0.15) is 11.1 Å². The number of aromatic nitrogens is 3. The number of aryl methyl sites for hydroxylation is 2. The van der Waals surface area contributed by atoms with E-state index in [-0.39, 0.29) is 17.4 Å². The standard InChI is InChI=1S/C17H14ClN5O3/c1-10-5-6-19-14(7-10)22-16-15(23(24)25)17(21-9-20-16)26-12-3-4-13(18)11(2)8-12/h3-9H,1-2H3,(H,19,20,21,22). The number of hydrogen-bond donors (Lipinski definition) is 1. The Morgan fingerprint density at radius 3 is 2.65 bits per heavy atom. The lowest BCUT2D eigenvalue weighted by atomic mass is 10.2. The van der Waals surface area contributed by atoms with Crippen molar-refractivity contribution in [2.24, 2.45) is 0 Å². The summed E-state index contributed by atoms with van der Waals surface area (Å²) < 4.78 is 5.60. The fourth-order valence-corrected chi connectivity index (χ4v) is 2.33. The number of anilines is 2. The maximum atomic E-state index is 11.6. The van der Waals surface area contributed by atoms with Gasteiger partial charge in [-0.15, -0.1) is 0 Å². The van der Waals surface area contributed by atoms with Crippen molar-refractivity contribution >= 4 is 28.9 Å². The number of pyridine rings is 1. The van der Waals surface area contributed by atoms with Crippen LogP contribution in [-0.4, -0.2) is 19.9 Å². The van der Waals surface area contributed by atoms with Crippen LogP contribution in [0, 0.1) is 24.0 Å². The first-order valence-corrected chi connectivity index (χ1v) is 7.95. The molecule has 26 heavy (non-hydrogen) atoms. The van der Waals surface area contributed by atoms with E-state index in [9.17, 15) is 10.1 Å². The van der Waals surface area contributed by atoms with E-state index < -0.39 is 4.92 Å². The van der Waals surface area contributed by atoms with Crippen LogP contribution in [0.3, 0.4) is 0 Å². The summed E-state index contributed by atoms with van der Waals surface area (Å²) >= 11 is 5.99. The maximum Gasteiger partial charge on any atom is 0.373 e. The van der Waals surface area contributed by atoms with Gasteiger partial charge < -0.3 is 10.1 Å². The van der Waals surface area contributed by atoms with Gasteiger partial charge in [0, 0.05) is 11.2 Å². The van der Waals surface area contributed by atoms with E-state index in [1.165, 1.54) is 6.33 Å². The van der Waals surface area contributed by atoms with Crippen molar-refractivity contribution in [3.8, 4) is 11.6 Å². The molecule has 0 aliphatic carbocycles. The smallest absolute Gasteiger partial charge is 0.373 e. The zero-order valence-corrected chi connectivity index (χ0v) is 14.7. The first kappa shape index (κ1) is 17.6. The molecule has 0 radical (unpaired) electrons. The number of halogens is 1. The van der Waals surface area contributed by atoms with Crippen LogP contribution in [0.2, 0.25) is 5.02 Å². The van der Waals surface area contributed by atoms with Crippen LogP contribution in [0.5, 0.6) is 11.6 Å². The van der Waals surface area contributed by atoms with Crippen molar-refractivity contribution in [3.63, 3.8) is 0 Å². The highest BCUT2D eigenvalue weighted by Crippen LogP contribution is 2.35. The normalized spacial score (nSPS) is 10.4. The molecule has 0 aliphatic heterocycles. The molecule has 0 unspecified atom stereocenters. The highest BCUT2D eigenvalue weighted by atomic mass is 35.5. The quantitative estimate of drug-likeness (QED) is 0.516. The van der Waals surface area contributed by atoms with Gasteiger partial charge in [0.15, 0.2) is 0 Å². The van der Waals surface area contributed by atoms with E-state index in [4.69, 9.17) is 16.3 Å². The van der Waals surface area contributed by atoms with Crippen LogP contribution in [0.15, 0.2) is 42.9 Å². The Balaban J connectivity index is 1.98. The molecule has 0 bridgehead atoms. The lowest BCUT2D eigenvalue weighted by Gasteiger charge is -2.10. The van der Waals surface area contributed by atoms with Gasteiger partial charge in [0.25, 0.3) is 0 Å². The fourth-order valence-electron chi connectivity index (χ4n) is 2.21. The average molecular weight is 372 g/mol.